The summed E-state index contributed by atoms with van der Waals surface area (Å²) in [5.41, 5.74) is -4.31. The number of halogens is 5. The Balaban J connectivity index is 0.00000147. The zero-order valence-electron chi connectivity index (χ0n) is 10.5. The van der Waals surface area contributed by atoms with Crippen LogP contribution in [-0.2, 0) is 5.51 Å². The third-order valence-corrected chi connectivity index (χ3v) is 5.90. The Kier molecular flexibility index (Phi) is 4.44. The number of hydrogen-bond donors (Lipinski definition) is 0. The molecule has 6 heteroatoms. The largest absolute Gasteiger partial charge is 1.00 e. The normalized spacial score (nSPS) is 17.5. The lowest BCUT2D eigenvalue weighted by Crippen LogP contribution is -3.00. The molecule has 2 aromatic rings. The molecule has 1 aromatic heterocycles. The van der Waals surface area contributed by atoms with Crippen LogP contribution in [-0.4, -0.2) is 0 Å². The second-order valence-corrected chi connectivity index (χ2v) is 6.95. The zero-order valence-corrected chi connectivity index (χ0v) is 12.9. The fourth-order valence-corrected chi connectivity index (χ4v) is 5.07. The van der Waals surface area contributed by atoms with Gasteiger partial charge >= 0.3 is 5.51 Å². The summed E-state index contributed by atoms with van der Waals surface area (Å²) in [6.07, 6.45) is 3.62. The Bertz CT molecular complexity index is 611. The van der Waals surface area contributed by atoms with Gasteiger partial charge in [0.1, 0.15) is 5.82 Å². The molecule has 0 spiro atoms. The van der Waals surface area contributed by atoms with Gasteiger partial charge in [-0.15, -0.1) is 13.2 Å². The maximum absolute atomic E-state index is 13.3. The van der Waals surface area contributed by atoms with Crippen molar-refractivity contribution in [2.45, 2.75) is 37.1 Å². The van der Waals surface area contributed by atoms with Crippen LogP contribution < -0.4 is 17.0 Å². The Morgan fingerprint density at radius 2 is 1.70 bits per heavy atom. The van der Waals surface area contributed by atoms with E-state index in [0.29, 0.717) is 10.3 Å². The first-order valence-electron chi connectivity index (χ1n) is 6.29. The van der Waals surface area contributed by atoms with E-state index in [9.17, 15) is 17.6 Å². The molecule has 1 fully saturated rings. The molecule has 0 saturated heterocycles. The molecule has 0 bridgehead atoms. The van der Waals surface area contributed by atoms with Crippen molar-refractivity contribution < 1.29 is 34.5 Å². The molecule has 1 aliphatic rings. The molecule has 1 unspecified atom stereocenters. The summed E-state index contributed by atoms with van der Waals surface area (Å²) in [6.45, 7) is 0. The number of hydrogen-bond acceptors (Lipinski definition) is 0. The van der Waals surface area contributed by atoms with Gasteiger partial charge in [0.05, 0.1) is 10.5 Å². The molecule has 0 amide bonds. The van der Waals surface area contributed by atoms with Crippen molar-refractivity contribution in [2.75, 3.05) is 0 Å². The number of alkyl halides is 3. The predicted octanol–water partition coefficient (Wildman–Crippen LogP) is 2.87. The van der Waals surface area contributed by atoms with E-state index >= 15 is 0 Å². The van der Waals surface area contributed by atoms with Crippen molar-refractivity contribution in [1.82, 2.24) is 0 Å². The smallest absolute Gasteiger partial charge is 0.600 e. The summed E-state index contributed by atoms with van der Waals surface area (Å²) in [5.74, 6) is -0.581. The van der Waals surface area contributed by atoms with E-state index < -0.39 is 21.8 Å². The van der Waals surface area contributed by atoms with Gasteiger partial charge in [0.2, 0.25) is 0 Å². The summed E-state index contributed by atoms with van der Waals surface area (Å²) in [6, 6.07) is 5.37. The highest BCUT2D eigenvalue weighted by Gasteiger charge is 2.49. The Labute approximate surface area is 127 Å². The molecule has 1 aliphatic carbocycles. The van der Waals surface area contributed by atoms with Gasteiger partial charge in [-0.3, -0.25) is 0 Å². The molecule has 20 heavy (non-hydrogen) atoms. The van der Waals surface area contributed by atoms with Gasteiger partial charge in [-0.2, -0.15) is 0 Å². The van der Waals surface area contributed by atoms with Crippen LogP contribution in [0.1, 0.15) is 36.5 Å². The monoisotopic (exact) mass is 368 g/mol. The lowest BCUT2D eigenvalue weighted by Gasteiger charge is -2.05. The number of rotatable bonds is 1. The second-order valence-electron chi connectivity index (χ2n) is 4.96. The zero-order chi connectivity index (χ0) is 13.6. The van der Waals surface area contributed by atoms with E-state index in [0.717, 1.165) is 31.7 Å². The molecule has 3 rings (SSSR count). The molecule has 0 N–H and O–H groups in total. The number of fused-ring (bicyclic) bond motifs is 1. The van der Waals surface area contributed by atoms with Crippen molar-refractivity contribution in [3.05, 3.63) is 35.0 Å². The fourth-order valence-electron chi connectivity index (χ4n) is 2.90. The Hall–Kier alpha value is -0.620. The maximum atomic E-state index is 13.3. The highest BCUT2D eigenvalue weighted by Crippen LogP contribution is 2.55. The molecule has 1 atom stereocenters. The highest BCUT2D eigenvalue weighted by molar-refractivity contribution is 7.38. The summed E-state index contributed by atoms with van der Waals surface area (Å²) in [5, 5.41) is 0.531. The lowest BCUT2D eigenvalue weighted by molar-refractivity contribution is -0.0868. The average molecular weight is 369 g/mol. The third kappa shape index (κ3) is 2.72. The van der Waals surface area contributed by atoms with Crippen molar-refractivity contribution in [1.29, 1.82) is 0 Å². The van der Waals surface area contributed by atoms with E-state index in [1.165, 1.54) is 12.1 Å². The minimum atomic E-state index is -4.31. The summed E-state index contributed by atoms with van der Waals surface area (Å²) in [4.78, 5) is 0.464. The van der Waals surface area contributed by atoms with Crippen LogP contribution in [0.2, 0.25) is 0 Å². The molecule has 1 saturated carbocycles. The lowest BCUT2D eigenvalue weighted by atomic mass is 10.1. The fraction of sp³-hybridized carbons (Fsp3) is 0.429. The Morgan fingerprint density at radius 3 is 2.30 bits per heavy atom. The van der Waals surface area contributed by atoms with E-state index in [4.69, 9.17) is 0 Å². The first-order chi connectivity index (χ1) is 8.97. The SMILES string of the molecule is Fc1ccc2cc(C3CCCC3)[s+](C(F)(F)F)c2c1.[Br-]. The molecule has 0 aliphatic heterocycles. The van der Waals surface area contributed by atoms with Crippen LogP contribution in [0, 0.1) is 5.82 Å². The van der Waals surface area contributed by atoms with Crippen molar-refractivity contribution in [3.8, 4) is 0 Å². The minimum Gasteiger partial charge on any atom is -1.00 e. The van der Waals surface area contributed by atoms with Gasteiger partial charge in [0.15, 0.2) is 9.58 Å². The van der Waals surface area contributed by atoms with Crippen molar-refractivity contribution in [2.24, 2.45) is 0 Å². The molecule has 1 aromatic carbocycles. The number of benzene rings is 1. The topological polar surface area (TPSA) is 0 Å². The van der Waals surface area contributed by atoms with Gasteiger partial charge in [-0.05, 0) is 25.0 Å². The van der Waals surface area contributed by atoms with Gasteiger partial charge in [-0.25, -0.2) is 4.39 Å². The first-order valence-corrected chi connectivity index (χ1v) is 7.51. The number of thiophene rings is 1. The van der Waals surface area contributed by atoms with Crippen LogP contribution in [0.3, 0.4) is 0 Å². The maximum Gasteiger partial charge on any atom is 0.600 e. The molecule has 0 radical (unpaired) electrons. The van der Waals surface area contributed by atoms with Crippen LogP contribution in [0.4, 0.5) is 17.6 Å². The van der Waals surface area contributed by atoms with Crippen LogP contribution in [0.25, 0.3) is 10.1 Å². The first kappa shape index (κ1) is 15.8. The average Bonchev–Trinajstić information content (AvgIpc) is 2.92. The minimum absolute atomic E-state index is 0. The molecular weight excluding hydrogens is 356 g/mol. The van der Waals surface area contributed by atoms with Crippen molar-refractivity contribution in [3.63, 3.8) is 0 Å². The van der Waals surface area contributed by atoms with E-state index in [1.54, 1.807) is 6.07 Å². The van der Waals surface area contributed by atoms with E-state index in [2.05, 4.69) is 0 Å². The van der Waals surface area contributed by atoms with Gasteiger partial charge < -0.3 is 17.0 Å². The van der Waals surface area contributed by atoms with E-state index in [-0.39, 0.29) is 27.6 Å². The van der Waals surface area contributed by atoms with Crippen LogP contribution in [0.5, 0.6) is 0 Å². The molecule has 0 nitrogen and oxygen atoms in total. The molecular formula is C14H13BrF4S. The van der Waals surface area contributed by atoms with Gasteiger partial charge in [-0.1, -0.05) is 12.8 Å². The van der Waals surface area contributed by atoms with Crippen LogP contribution in [0.15, 0.2) is 24.3 Å². The standard InChI is InChI=1S/C14H13F4S.BrH/c15-11-6-5-10-7-12(9-3-1-2-4-9)19(13(10)8-11)14(16,17)18;/h5-9H,1-4H2;1H/q+1;/p-1. The van der Waals surface area contributed by atoms with Crippen LogP contribution >= 0.6 is 10.5 Å². The summed E-state index contributed by atoms with van der Waals surface area (Å²) >= 11 is 0. The molecule has 1 heterocycles. The Morgan fingerprint density at radius 1 is 1.05 bits per heavy atom. The quantitative estimate of drug-likeness (QED) is 0.536. The highest BCUT2D eigenvalue weighted by atomic mass is 79.9. The van der Waals surface area contributed by atoms with Gasteiger partial charge in [0.25, 0.3) is 0 Å². The third-order valence-electron chi connectivity index (χ3n) is 3.72. The summed E-state index contributed by atoms with van der Waals surface area (Å²) < 4.78 is 53.3. The van der Waals surface area contributed by atoms with E-state index in [1.807, 2.05) is 0 Å². The second kappa shape index (κ2) is 5.64. The predicted molar refractivity (Wildman–Crippen MR) is 68.9 cm³/mol. The van der Waals surface area contributed by atoms with Gasteiger partial charge in [0, 0.05) is 23.4 Å². The molecule has 110 valence electrons. The van der Waals surface area contributed by atoms with Crippen molar-refractivity contribution >= 4 is 20.6 Å². The summed E-state index contributed by atoms with van der Waals surface area (Å²) in [7, 11) is -1.94.